The van der Waals surface area contributed by atoms with Gasteiger partial charge in [-0.25, -0.2) is 4.98 Å². The number of ether oxygens (including phenoxy) is 1. The van der Waals surface area contributed by atoms with Crippen LogP contribution in [0.3, 0.4) is 0 Å². The number of nitro groups is 1. The molecule has 0 amide bonds. The molecule has 0 unspecified atom stereocenters. The Kier molecular flexibility index (Phi) is 3.78. The second kappa shape index (κ2) is 5.32. The molecule has 2 rings (SSSR count). The van der Waals surface area contributed by atoms with E-state index in [1.807, 2.05) is 6.92 Å². The first kappa shape index (κ1) is 12.8. The fourth-order valence-electron chi connectivity index (χ4n) is 1.33. The van der Waals surface area contributed by atoms with Crippen LogP contribution in [-0.4, -0.2) is 9.91 Å². The number of halogens is 1. The van der Waals surface area contributed by atoms with Gasteiger partial charge >= 0.3 is 0 Å². The molecule has 0 atom stereocenters. The lowest BCUT2D eigenvalue weighted by atomic mass is 10.3. The first-order valence-corrected chi connectivity index (χ1v) is 6.29. The molecule has 1 heterocycles. The van der Waals surface area contributed by atoms with Gasteiger partial charge in [0.1, 0.15) is 12.4 Å². The van der Waals surface area contributed by atoms with Gasteiger partial charge in [0.2, 0.25) is 0 Å². The summed E-state index contributed by atoms with van der Waals surface area (Å²) < 4.78 is 5.49. The van der Waals surface area contributed by atoms with Crippen molar-refractivity contribution in [3.63, 3.8) is 0 Å². The van der Waals surface area contributed by atoms with E-state index >= 15 is 0 Å². The Morgan fingerprint density at radius 2 is 2.33 bits per heavy atom. The van der Waals surface area contributed by atoms with Crippen molar-refractivity contribution in [2.45, 2.75) is 13.5 Å². The zero-order valence-electron chi connectivity index (χ0n) is 9.42. The number of nitro benzene ring substituents is 1. The second-order valence-corrected chi connectivity index (χ2v) is 4.98. The van der Waals surface area contributed by atoms with E-state index in [1.54, 1.807) is 5.51 Å². The Hall–Kier alpha value is -1.66. The topological polar surface area (TPSA) is 65.3 Å². The van der Waals surface area contributed by atoms with Crippen molar-refractivity contribution in [3.8, 4) is 5.75 Å². The minimum absolute atomic E-state index is 0.0582. The monoisotopic (exact) mass is 284 g/mol. The van der Waals surface area contributed by atoms with Gasteiger partial charge in [-0.05, 0) is 13.0 Å². The molecule has 0 N–H and O–H groups in total. The summed E-state index contributed by atoms with van der Waals surface area (Å²) in [6, 6.07) is 4.11. The van der Waals surface area contributed by atoms with E-state index in [4.69, 9.17) is 16.3 Å². The minimum atomic E-state index is -0.500. The summed E-state index contributed by atoms with van der Waals surface area (Å²) in [4.78, 5) is 15.3. The lowest BCUT2D eigenvalue weighted by Crippen LogP contribution is -1.98. The molecule has 0 fully saturated rings. The molecule has 1 aromatic carbocycles. The van der Waals surface area contributed by atoms with Crippen LogP contribution in [0.2, 0.25) is 5.02 Å². The van der Waals surface area contributed by atoms with Crippen LogP contribution in [0.15, 0.2) is 23.7 Å². The van der Waals surface area contributed by atoms with E-state index in [0.29, 0.717) is 12.4 Å². The average Bonchev–Trinajstić information content (AvgIpc) is 2.73. The molecular formula is C11H9ClN2O3S. The largest absolute Gasteiger partial charge is 0.486 e. The summed E-state index contributed by atoms with van der Waals surface area (Å²) in [5.74, 6) is 0.412. The van der Waals surface area contributed by atoms with Gasteiger partial charge in [0.05, 0.1) is 21.2 Å². The van der Waals surface area contributed by atoms with E-state index in [0.717, 1.165) is 10.6 Å². The maximum Gasteiger partial charge on any atom is 0.271 e. The lowest BCUT2D eigenvalue weighted by molar-refractivity contribution is -0.384. The summed E-state index contributed by atoms with van der Waals surface area (Å²) in [5, 5.41) is 10.8. The molecule has 0 saturated carbocycles. The molecule has 0 bridgehead atoms. The van der Waals surface area contributed by atoms with E-state index in [-0.39, 0.29) is 10.7 Å². The van der Waals surface area contributed by atoms with Gasteiger partial charge in [-0.1, -0.05) is 11.6 Å². The highest BCUT2D eigenvalue weighted by atomic mass is 35.5. The van der Waals surface area contributed by atoms with Gasteiger partial charge in [0.25, 0.3) is 5.69 Å². The molecule has 0 saturated heterocycles. The Morgan fingerprint density at radius 1 is 1.56 bits per heavy atom. The second-order valence-electron chi connectivity index (χ2n) is 3.52. The van der Waals surface area contributed by atoms with E-state index in [2.05, 4.69) is 4.98 Å². The highest BCUT2D eigenvalue weighted by molar-refractivity contribution is 7.09. The Balaban J connectivity index is 2.11. The van der Waals surface area contributed by atoms with Crippen LogP contribution in [-0.2, 0) is 6.61 Å². The van der Waals surface area contributed by atoms with Crippen molar-refractivity contribution in [2.24, 2.45) is 0 Å². The third-order valence-electron chi connectivity index (χ3n) is 2.34. The van der Waals surface area contributed by atoms with Gasteiger partial charge in [0, 0.05) is 17.0 Å². The molecule has 2 aromatic rings. The van der Waals surface area contributed by atoms with Gasteiger partial charge in [-0.2, -0.15) is 0 Å². The normalized spacial score (nSPS) is 10.3. The first-order valence-electron chi connectivity index (χ1n) is 5.03. The molecular weight excluding hydrogens is 276 g/mol. The van der Waals surface area contributed by atoms with Crippen LogP contribution >= 0.6 is 22.9 Å². The fraction of sp³-hybridized carbons (Fsp3) is 0.182. The Labute approximate surface area is 112 Å². The lowest BCUT2D eigenvalue weighted by Gasteiger charge is -2.06. The number of hydrogen-bond acceptors (Lipinski definition) is 5. The van der Waals surface area contributed by atoms with Crippen LogP contribution < -0.4 is 4.74 Å². The zero-order chi connectivity index (χ0) is 13.1. The number of thiazole rings is 1. The summed E-state index contributed by atoms with van der Waals surface area (Å²) in [5.41, 5.74) is 2.53. The fourth-order valence-corrected chi connectivity index (χ4v) is 2.15. The average molecular weight is 285 g/mol. The maximum absolute atomic E-state index is 10.6. The van der Waals surface area contributed by atoms with Crippen molar-refractivity contribution < 1.29 is 9.66 Å². The van der Waals surface area contributed by atoms with E-state index in [9.17, 15) is 10.1 Å². The van der Waals surface area contributed by atoms with Crippen LogP contribution in [0.5, 0.6) is 5.75 Å². The van der Waals surface area contributed by atoms with Crippen molar-refractivity contribution >= 4 is 28.6 Å². The molecule has 18 heavy (non-hydrogen) atoms. The van der Waals surface area contributed by atoms with Crippen LogP contribution in [0.1, 0.15) is 10.6 Å². The first-order chi connectivity index (χ1) is 8.58. The third-order valence-corrected chi connectivity index (χ3v) is 3.43. The number of nitrogens with zero attached hydrogens (tertiary/aromatic N) is 2. The maximum atomic E-state index is 10.6. The molecule has 0 aliphatic rings. The summed E-state index contributed by atoms with van der Waals surface area (Å²) in [6.45, 7) is 2.25. The van der Waals surface area contributed by atoms with E-state index < -0.39 is 4.92 Å². The summed E-state index contributed by atoms with van der Waals surface area (Å²) >= 11 is 7.44. The standard InChI is InChI=1S/C11H9ClN2O3S/c1-7-10(13-6-18-7)5-17-11-3-2-8(14(15)16)4-9(11)12/h2-4,6H,5H2,1H3. The SMILES string of the molecule is Cc1scnc1COc1ccc([N+](=O)[O-])cc1Cl. The van der Waals surface area contributed by atoms with Gasteiger partial charge in [0.15, 0.2) is 0 Å². The molecule has 7 heteroatoms. The number of aryl methyl sites for hydroxylation is 1. The highest BCUT2D eigenvalue weighted by Gasteiger charge is 2.11. The number of benzene rings is 1. The van der Waals surface area contributed by atoms with Crippen molar-refractivity contribution in [1.29, 1.82) is 0 Å². The van der Waals surface area contributed by atoms with Gasteiger partial charge in [-0.15, -0.1) is 11.3 Å². The number of non-ortho nitro benzene ring substituents is 1. The minimum Gasteiger partial charge on any atom is -0.486 e. The molecule has 5 nitrogen and oxygen atoms in total. The summed E-state index contributed by atoms with van der Waals surface area (Å²) in [6.07, 6.45) is 0. The molecule has 0 aliphatic heterocycles. The molecule has 0 radical (unpaired) electrons. The van der Waals surface area contributed by atoms with Gasteiger partial charge < -0.3 is 4.74 Å². The smallest absolute Gasteiger partial charge is 0.271 e. The highest BCUT2D eigenvalue weighted by Crippen LogP contribution is 2.29. The molecule has 0 aliphatic carbocycles. The number of aromatic nitrogens is 1. The van der Waals surface area contributed by atoms with E-state index in [1.165, 1.54) is 29.5 Å². The predicted octanol–water partition coefficient (Wildman–Crippen LogP) is 3.59. The van der Waals surface area contributed by atoms with Crippen molar-refractivity contribution in [2.75, 3.05) is 0 Å². The Bertz CT molecular complexity index is 585. The molecule has 0 spiro atoms. The Morgan fingerprint density at radius 3 is 2.89 bits per heavy atom. The molecule has 94 valence electrons. The quantitative estimate of drug-likeness (QED) is 0.635. The van der Waals surface area contributed by atoms with Crippen molar-refractivity contribution in [1.82, 2.24) is 4.98 Å². The third kappa shape index (κ3) is 2.77. The van der Waals surface area contributed by atoms with Crippen molar-refractivity contribution in [3.05, 3.63) is 49.4 Å². The predicted molar refractivity (Wildman–Crippen MR) is 69.3 cm³/mol. The number of hydrogen-bond donors (Lipinski definition) is 0. The number of rotatable bonds is 4. The zero-order valence-corrected chi connectivity index (χ0v) is 11.0. The van der Waals surface area contributed by atoms with Crippen LogP contribution in [0.4, 0.5) is 5.69 Å². The summed E-state index contributed by atoms with van der Waals surface area (Å²) in [7, 11) is 0. The van der Waals surface area contributed by atoms with Crippen LogP contribution in [0, 0.1) is 17.0 Å². The van der Waals surface area contributed by atoms with Crippen LogP contribution in [0.25, 0.3) is 0 Å². The molecule has 1 aromatic heterocycles. The van der Waals surface area contributed by atoms with Gasteiger partial charge in [-0.3, -0.25) is 10.1 Å².